The maximum absolute atomic E-state index is 14.4. The maximum Gasteiger partial charge on any atom is 0.131 e. The van der Waals surface area contributed by atoms with Gasteiger partial charge in [-0.2, -0.15) is 0 Å². The van der Waals surface area contributed by atoms with Crippen molar-refractivity contribution in [1.82, 2.24) is 0 Å². The first kappa shape index (κ1) is 13.5. The summed E-state index contributed by atoms with van der Waals surface area (Å²) < 4.78 is 14.4. The number of benzene rings is 3. The third kappa shape index (κ3) is 2.86. The smallest absolute Gasteiger partial charge is 0.131 e. The summed E-state index contributed by atoms with van der Waals surface area (Å²) in [5.41, 5.74) is 9.99. The topological polar surface area (TPSA) is 26.0 Å². The molecule has 3 rings (SSSR count). The van der Waals surface area contributed by atoms with Crippen molar-refractivity contribution in [3.8, 4) is 22.3 Å². The molecule has 0 spiro atoms. The summed E-state index contributed by atoms with van der Waals surface area (Å²) in [6, 6.07) is 22.8. The molecule has 0 aliphatic heterocycles. The maximum atomic E-state index is 14.4. The van der Waals surface area contributed by atoms with E-state index in [9.17, 15) is 4.39 Å². The first-order chi connectivity index (χ1) is 10.3. The fraction of sp³-hybridized carbons (Fsp3) is 0.0526. The largest absolute Gasteiger partial charge is 0.326 e. The Kier molecular flexibility index (Phi) is 3.80. The van der Waals surface area contributed by atoms with Gasteiger partial charge in [0.15, 0.2) is 0 Å². The van der Waals surface area contributed by atoms with Crippen molar-refractivity contribution < 1.29 is 4.39 Å². The van der Waals surface area contributed by atoms with Crippen molar-refractivity contribution in [3.05, 3.63) is 84.2 Å². The standard InChI is InChI=1S/C19H16FN/c20-19-12-17(15-4-2-1-3-5-15)10-11-18(19)16-8-6-14(13-21)7-9-16/h1-12H,13,21H2. The second-order valence-electron chi connectivity index (χ2n) is 4.96. The van der Waals surface area contributed by atoms with Gasteiger partial charge in [0.1, 0.15) is 5.82 Å². The fourth-order valence-corrected chi connectivity index (χ4v) is 2.38. The van der Waals surface area contributed by atoms with Crippen molar-refractivity contribution >= 4 is 0 Å². The van der Waals surface area contributed by atoms with E-state index in [0.717, 1.165) is 22.3 Å². The highest BCUT2D eigenvalue weighted by atomic mass is 19.1. The number of rotatable bonds is 3. The zero-order valence-electron chi connectivity index (χ0n) is 11.6. The quantitative estimate of drug-likeness (QED) is 0.742. The normalized spacial score (nSPS) is 10.6. The highest BCUT2D eigenvalue weighted by molar-refractivity contribution is 5.71. The fourth-order valence-electron chi connectivity index (χ4n) is 2.38. The van der Waals surface area contributed by atoms with Crippen LogP contribution >= 0.6 is 0 Å². The average molecular weight is 277 g/mol. The molecule has 3 aromatic carbocycles. The lowest BCUT2D eigenvalue weighted by atomic mass is 9.99. The lowest BCUT2D eigenvalue weighted by Gasteiger charge is -2.07. The Balaban J connectivity index is 1.97. The molecule has 0 aliphatic rings. The third-order valence-electron chi connectivity index (χ3n) is 3.58. The van der Waals surface area contributed by atoms with Gasteiger partial charge in [0.2, 0.25) is 0 Å². The van der Waals surface area contributed by atoms with E-state index >= 15 is 0 Å². The van der Waals surface area contributed by atoms with Gasteiger partial charge in [0, 0.05) is 12.1 Å². The van der Waals surface area contributed by atoms with Crippen LogP contribution in [0.5, 0.6) is 0 Å². The predicted octanol–water partition coefficient (Wildman–Crippen LogP) is 4.62. The van der Waals surface area contributed by atoms with Gasteiger partial charge in [-0.25, -0.2) is 4.39 Å². The van der Waals surface area contributed by atoms with Gasteiger partial charge in [0.25, 0.3) is 0 Å². The van der Waals surface area contributed by atoms with Crippen LogP contribution in [0.15, 0.2) is 72.8 Å². The summed E-state index contributed by atoms with van der Waals surface area (Å²) in [6.45, 7) is 0.496. The monoisotopic (exact) mass is 277 g/mol. The number of nitrogens with two attached hydrogens (primary N) is 1. The van der Waals surface area contributed by atoms with Gasteiger partial charge in [-0.05, 0) is 28.3 Å². The molecule has 0 atom stereocenters. The molecule has 0 saturated heterocycles. The highest BCUT2D eigenvalue weighted by Crippen LogP contribution is 2.28. The molecule has 0 amide bonds. The van der Waals surface area contributed by atoms with Gasteiger partial charge in [-0.3, -0.25) is 0 Å². The molecule has 1 nitrogen and oxygen atoms in total. The van der Waals surface area contributed by atoms with Gasteiger partial charge in [0.05, 0.1) is 0 Å². The SMILES string of the molecule is NCc1ccc(-c2ccc(-c3ccccc3)cc2F)cc1. The van der Waals surface area contributed by atoms with E-state index in [1.165, 1.54) is 0 Å². The van der Waals surface area contributed by atoms with Crippen molar-refractivity contribution in [2.45, 2.75) is 6.54 Å². The molecule has 0 heterocycles. The average Bonchev–Trinajstić information content (AvgIpc) is 2.56. The van der Waals surface area contributed by atoms with Crippen molar-refractivity contribution in [3.63, 3.8) is 0 Å². The Morgan fingerprint density at radius 1 is 0.714 bits per heavy atom. The van der Waals surface area contributed by atoms with E-state index in [1.807, 2.05) is 66.7 Å². The Hall–Kier alpha value is -2.45. The van der Waals surface area contributed by atoms with Crippen LogP contribution in [0.1, 0.15) is 5.56 Å². The van der Waals surface area contributed by atoms with Gasteiger partial charge >= 0.3 is 0 Å². The minimum absolute atomic E-state index is 0.211. The molecular weight excluding hydrogens is 261 g/mol. The number of hydrogen-bond acceptors (Lipinski definition) is 1. The van der Waals surface area contributed by atoms with Crippen LogP contribution in [0.25, 0.3) is 22.3 Å². The van der Waals surface area contributed by atoms with Gasteiger partial charge < -0.3 is 5.73 Å². The van der Waals surface area contributed by atoms with Gasteiger partial charge in [-0.1, -0.05) is 66.7 Å². The zero-order chi connectivity index (χ0) is 14.7. The summed E-state index contributed by atoms with van der Waals surface area (Å²) in [4.78, 5) is 0. The van der Waals surface area contributed by atoms with Crippen molar-refractivity contribution in [2.24, 2.45) is 5.73 Å². The van der Waals surface area contributed by atoms with Crippen LogP contribution in [-0.4, -0.2) is 0 Å². The van der Waals surface area contributed by atoms with Crippen molar-refractivity contribution in [1.29, 1.82) is 0 Å². The third-order valence-corrected chi connectivity index (χ3v) is 3.58. The molecule has 0 radical (unpaired) electrons. The van der Waals surface area contributed by atoms with Gasteiger partial charge in [-0.15, -0.1) is 0 Å². The molecule has 2 N–H and O–H groups in total. The second-order valence-corrected chi connectivity index (χ2v) is 4.96. The van der Waals surface area contributed by atoms with E-state index in [-0.39, 0.29) is 5.82 Å². The predicted molar refractivity (Wildman–Crippen MR) is 85.2 cm³/mol. The first-order valence-electron chi connectivity index (χ1n) is 6.92. The molecule has 2 heteroatoms. The van der Waals surface area contributed by atoms with E-state index < -0.39 is 0 Å². The minimum atomic E-state index is -0.211. The molecular formula is C19H16FN. The van der Waals surface area contributed by atoms with E-state index in [4.69, 9.17) is 5.73 Å². The lowest BCUT2D eigenvalue weighted by molar-refractivity contribution is 0.632. The molecule has 0 fully saturated rings. The Bertz CT molecular complexity index is 733. The van der Waals surface area contributed by atoms with E-state index in [1.54, 1.807) is 6.07 Å². The van der Waals surface area contributed by atoms with Crippen LogP contribution in [0, 0.1) is 5.82 Å². The summed E-state index contributed by atoms with van der Waals surface area (Å²) in [5.74, 6) is -0.211. The second kappa shape index (κ2) is 5.90. The summed E-state index contributed by atoms with van der Waals surface area (Å²) in [7, 11) is 0. The van der Waals surface area contributed by atoms with E-state index in [0.29, 0.717) is 12.1 Å². The highest BCUT2D eigenvalue weighted by Gasteiger charge is 2.07. The molecule has 104 valence electrons. The van der Waals surface area contributed by atoms with Crippen LogP contribution in [-0.2, 0) is 6.54 Å². The molecule has 0 unspecified atom stereocenters. The molecule has 21 heavy (non-hydrogen) atoms. The number of hydrogen-bond donors (Lipinski definition) is 1. The summed E-state index contributed by atoms with van der Waals surface area (Å²) in [6.07, 6.45) is 0. The molecule has 0 aromatic heterocycles. The molecule has 0 saturated carbocycles. The van der Waals surface area contributed by atoms with Crippen molar-refractivity contribution in [2.75, 3.05) is 0 Å². The first-order valence-corrected chi connectivity index (χ1v) is 6.92. The molecule has 3 aromatic rings. The minimum Gasteiger partial charge on any atom is -0.326 e. The number of halogens is 1. The molecule has 0 bridgehead atoms. The summed E-state index contributed by atoms with van der Waals surface area (Å²) >= 11 is 0. The molecule has 0 aliphatic carbocycles. The van der Waals surface area contributed by atoms with Crippen LogP contribution in [0.3, 0.4) is 0 Å². The van der Waals surface area contributed by atoms with E-state index in [2.05, 4.69) is 0 Å². The Labute approximate surface area is 123 Å². The Morgan fingerprint density at radius 2 is 1.38 bits per heavy atom. The lowest BCUT2D eigenvalue weighted by Crippen LogP contribution is -1.95. The van der Waals surface area contributed by atoms with Crippen LogP contribution in [0.2, 0.25) is 0 Å². The van der Waals surface area contributed by atoms with Crippen LogP contribution < -0.4 is 5.73 Å². The van der Waals surface area contributed by atoms with Crippen LogP contribution in [0.4, 0.5) is 4.39 Å². The summed E-state index contributed by atoms with van der Waals surface area (Å²) in [5, 5.41) is 0. The zero-order valence-corrected chi connectivity index (χ0v) is 11.6. The Morgan fingerprint density at radius 3 is 2.00 bits per heavy atom.